The second kappa shape index (κ2) is 10.2. The van der Waals surface area contributed by atoms with E-state index in [1.165, 1.54) is 18.7 Å². The summed E-state index contributed by atoms with van der Waals surface area (Å²) < 4.78 is 4.56. The molecule has 0 saturated carbocycles. The van der Waals surface area contributed by atoms with Crippen molar-refractivity contribution in [3.05, 3.63) is 59.0 Å². The largest absolute Gasteiger partial charge is 0.466 e. The third-order valence-corrected chi connectivity index (χ3v) is 5.14. The minimum atomic E-state index is -0.414. The third-order valence-electron chi connectivity index (χ3n) is 4.78. The van der Waals surface area contributed by atoms with Gasteiger partial charge in [0.2, 0.25) is 0 Å². The van der Waals surface area contributed by atoms with Crippen LogP contribution in [0.5, 0.6) is 0 Å². The number of anilines is 1. The van der Waals surface area contributed by atoms with Crippen LogP contribution in [0, 0.1) is 0 Å². The first-order chi connectivity index (χ1) is 13.6. The molecule has 7 heteroatoms. The van der Waals surface area contributed by atoms with Gasteiger partial charge in [0.1, 0.15) is 5.82 Å². The van der Waals surface area contributed by atoms with Crippen molar-refractivity contribution in [2.24, 2.45) is 0 Å². The molecule has 0 radical (unpaired) electrons. The van der Waals surface area contributed by atoms with Crippen LogP contribution in [0.1, 0.15) is 24.1 Å². The zero-order chi connectivity index (χ0) is 19.8. The fourth-order valence-corrected chi connectivity index (χ4v) is 3.52. The molecule has 1 aliphatic rings. The van der Waals surface area contributed by atoms with E-state index in [1.54, 1.807) is 18.5 Å². The van der Waals surface area contributed by atoms with Gasteiger partial charge in [0.25, 0.3) is 0 Å². The van der Waals surface area contributed by atoms with E-state index >= 15 is 0 Å². The Morgan fingerprint density at radius 3 is 2.96 bits per heavy atom. The number of nitrogens with zero attached hydrogens (tertiary/aromatic N) is 3. The summed E-state index contributed by atoms with van der Waals surface area (Å²) in [6.07, 6.45) is 9.45. The molecule has 148 valence electrons. The minimum Gasteiger partial charge on any atom is -0.466 e. The molecule has 1 aliphatic heterocycles. The minimum absolute atomic E-state index is 0.339. The van der Waals surface area contributed by atoms with Crippen LogP contribution in [0.3, 0.4) is 0 Å². The standard InChI is InChI=1S/C21H25ClN4O2/c1-28-21(27)9-8-17-13-24-20(14-23-17)25-18-6-4-11-26(15-18)12-10-16-5-2-3-7-19(16)22/h2-3,5,7-9,13-14,18H,4,6,10-12,15H2,1H3,(H,24,25)/b9-8+/t18-/m1/s1. The third kappa shape index (κ3) is 6.04. The van der Waals surface area contributed by atoms with Gasteiger partial charge in [-0.1, -0.05) is 29.8 Å². The first-order valence-electron chi connectivity index (χ1n) is 9.44. The number of hydrogen-bond acceptors (Lipinski definition) is 6. The number of esters is 1. The van der Waals surface area contributed by atoms with Crippen LogP contribution in [-0.4, -0.2) is 53.6 Å². The van der Waals surface area contributed by atoms with E-state index in [0.717, 1.165) is 49.7 Å². The molecule has 1 aromatic heterocycles. The molecule has 1 fully saturated rings. The Hall–Kier alpha value is -2.44. The number of nitrogens with one attached hydrogen (secondary N) is 1. The van der Waals surface area contributed by atoms with Crippen molar-refractivity contribution >= 4 is 29.5 Å². The van der Waals surface area contributed by atoms with Crippen LogP contribution in [0.4, 0.5) is 5.82 Å². The van der Waals surface area contributed by atoms with Crippen LogP contribution in [0.25, 0.3) is 6.08 Å². The van der Waals surface area contributed by atoms with E-state index in [4.69, 9.17) is 11.6 Å². The molecular formula is C21H25ClN4O2. The van der Waals surface area contributed by atoms with Crippen molar-refractivity contribution in [2.75, 3.05) is 32.1 Å². The summed E-state index contributed by atoms with van der Waals surface area (Å²) in [4.78, 5) is 22.3. The molecule has 28 heavy (non-hydrogen) atoms. The summed E-state index contributed by atoms with van der Waals surface area (Å²) in [5.41, 5.74) is 1.81. The van der Waals surface area contributed by atoms with Crippen molar-refractivity contribution < 1.29 is 9.53 Å². The molecule has 1 saturated heterocycles. The van der Waals surface area contributed by atoms with Gasteiger partial charge in [0.05, 0.1) is 25.2 Å². The van der Waals surface area contributed by atoms with Crippen LogP contribution in [0.2, 0.25) is 5.02 Å². The molecule has 2 aromatic rings. The van der Waals surface area contributed by atoms with Gasteiger partial charge < -0.3 is 15.0 Å². The monoisotopic (exact) mass is 400 g/mol. The summed E-state index contributed by atoms with van der Waals surface area (Å²) in [5.74, 6) is 0.330. The first-order valence-corrected chi connectivity index (χ1v) is 9.82. The molecular weight excluding hydrogens is 376 g/mol. The van der Waals surface area contributed by atoms with E-state index in [9.17, 15) is 4.79 Å². The van der Waals surface area contributed by atoms with Crippen molar-refractivity contribution in [1.29, 1.82) is 0 Å². The predicted octanol–water partition coefficient (Wildman–Crippen LogP) is 3.44. The maximum Gasteiger partial charge on any atom is 0.330 e. The summed E-state index contributed by atoms with van der Waals surface area (Å²) in [5, 5.41) is 4.31. The number of carbonyl (C=O) groups is 1. The normalized spacial score (nSPS) is 17.6. The number of methoxy groups -OCH3 is 1. The van der Waals surface area contributed by atoms with Gasteiger partial charge in [0.15, 0.2) is 0 Å². The SMILES string of the molecule is COC(=O)/C=C/c1cnc(N[C@@H]2CCCN(CCc3ccccc3Cl)C2)cn1. The van der Waals surface area contributed by atoms with E-state index in [-0.39, 0.29) is 0 Å². The van der Waals surface area contributed by atoms with E-state index in [1.807, 2.05) is 18.2 Å². The second-order valence-corrected chi connectivity index (χ2v) is 7.22. The predicted molar refractivity (Wildman–Crippen MR) is 111 cm³/mol. The highest BCUT2D eigenvalue weighted by Crippen LogP contribution is 2.18. The molecule has 1 atom stereocenters. The molecule has 3 rings (SSSR count). The Morgan fingerprint density at radius 1 is 1.36 bits per heavy atom. The highest BCUT2D eigenvalue weighted by atomic mass is 35.5. The molecule has 0 aliphatic carbocycles. The number of aromatic nitrogens is 2. The Balaban J connectivity index is 1.50. The molecule has 1 N–H and O–H groups in total. The number of carbonyl (C=O) groups excluding carboxylic acids is 1. The van der Waals surface area contributed by atoms with E-state index < -0.39 is 5.97 Å². The lowest BCUT2D eigenvalue weighted by molar-refractivity contribution is -0.134. The van der Waals surface area contributed by atoms with E-state index in [0.29, 0.717) is 11.7 Å². The Kier molecular flexibility index (Phi) is 7.39. The van der Waals surface area contributed by atoms with Crippen LogP contribution in [-0.2, 0) is 16.0 Å². The van der Waals surface area contributed by atoms with Gasteiger partial charge in [-0.05, 0) is 43.5 Å². The number of ether oxygens (including phenoxy) is 1. The van der Waals surface area contributed by atoms with Crippen LogP contribution >= 0.6 is 11.6 Å². The van der Waals surface area contributed by atoms with Crippen molar-refractivity contribution in [2.45, 2.75) is 25.3 Å². The average Bonchev–Trinajstić information content (AvgIpc) is 2.73. The maximum atomic E-state index is 11.1. The molecule has 2 heterocycles. The summed E-state index contributed by atoms with van der Waals surface area (Å²) in [7, 11) is 1.34. The van der Waals surface area contributed by atoms with Gasteiger partial charge in [0, 0.05) is 30.2 Å². The number of piperidine rings is 1. The molecule has 0 amide bonds. The summed E-state index contributed by atoms with van der Waals surface area (Å²) >= 11 is 6.26. The number of rotatable bonds is 7. The summed E-state index contributed by atoms with van der Waals surface area (Å²) in [6, 6.07) is 8.37. The van der Waals surface area contributed by atoms with Crippen molar-refractivity contribution in [3.8, 4) is 0 Å². The van der Waals surface area contributed by atoms with Gasteiger partial charge in [-0.2, -0.15) is 0 Å². The molecule has 0 unspecified atom stereocenters. The first kappa shape index (κ1) is 20.3. The molecule has 0 bridgehead atoms. The zero-order valence-electron chi connectivity index (χ0n) is 16.0. The van der Waals surface area contributed by atoms with Gasteiger partial charge >= 0.3 is 5.97 Å². The quantitative estimate of drug-likeness (QED) is 0.567. The van der Waals surface area contributed by atoms with Gasteiger partial charge in [-0.15, -0.1) is 0 Å². The topological polar surface area (TPSA) is 67.3 Å². The fourth-order valence-electron chi connectivity index (χ4n) is 3.29. The van der Waals surface area contributed by atoms with Crippen LogP contribution in [0.15, 0.2) is 42.7 Å². The van der Waals surface area contributed by atoms with Crippen molar-refractivity contribution in [3.63, 3.8) is 0 Å². The van der Waals surface area contributed by atoms with Gasteiger partial charge in [-0.25, -0.2) is 9.78 Å². The van der Waals surface area contributed by atoms with Crippen LogP contribution < -0.4 is 5.32 Å². The summed E-state index contributed by atoms with van der Waals surface area (Å²) in [6.45, 7) is 3.06. The smallest absolute Gasteiger partial charge is 0.330 e. The number of benzene rings is 1. The lowest BCUT2D eigenvalue weighted by Gasteiger charge is -2.33. The molecule has 6 nitrogen and oxygen atoms in total. The van der Waals surface area contributed by atoms with Gasteiger partial charge in [-0.3, -0.25) is 4.98 Å². The maximum absolute atomic E-state index is 11.1. The average molecular weight is 401 g/mol. The Bertz CT molecular complexity index is 810. The zero-order valence-corrected chi connectivity index (χ0v) is 16.7. The fraction of sp³-hybridized carbons (Fsp3) is 0.381. The second-order valence-electron chi connectivity index (χ2n) is 6.81. The molecule has 0 spiro atoms. The lowest BCUT2D eigenvalue weighted by Crippen LogP contribution is -2.43. The number of likely N-dealkylation sites (tertiary alicyclic amines) is 1. The Morgan fingerprint density at radius 2 is 2.21 bits per heavy atom. The van der Waals surface area contributed by atoms with E-state index in [2.05, 4.69) is 31.0 Å². The molecule has 1 aromatic carbocycles. The lowest BCUT2D eigenvalue weighted by atomic mass is 10.0. The highest BCUT2D eigenvalue weighted by Gasteiger charge is 2.20. The van der Waals surface area contributed by atoms with Crippen molar-refractivity contribution in [1.82, 2.24) is 14.9 Å². The highest BCUT2D eigenvalue weighted by molar-refractivity contribution is 6.31. The Labute approximate surface area is 170 Å². The number of halogens is 1. The number of hydrogen-bond donors (Lipinski definition) is 1.